The van der Waals surface area contributed by atoms with Crippen molar-refractivity contribution in [1.29, 1.82) is 0 Å². The number of nitrogens with zero attached hydrogens (tertiary/aromatic N) is 3. The molecule has 6 heteroatoms. The normalized spacial score (nSPS) is 19.7. The van der Waals surface area contributed by atoms with E-state index in [4.69, 9.17) is 10.5 Å². The highest BCUT2D eigenvalue weighted by Gasteiger charge is 2.30. The Bertz CT molecular complexity index is 550. The maximum absolute atomic E-state index is 12.7. The molecule has 0 spiro atoms. The first kappa shape index (κ1) is 20.6. The zero-order valence-corrected chi connectivity index (χ0v) is 16.5. The number of nitrogens with two attached hydrogens (primary N) is 1. The van der Waals surface area contributed by atoms with Gasteiger partial charge in [0.2, 0.25) is 5.91 Å². The van der Waals surface area contributed by atoms with E-state index in [-0.39, 0.29) is 5.92 Å². The molecule has 0 bridgehead atoms. The van der Waals surface area contributed by atoms with Crippen LogP contribution in [0.2, 0.25) is 0 Å². The van der Waals surface area contributed by atoms with Gasteiger partial charge in [0, 0.05) is 38.9 Å². The van der Waals surface area contributed by atoms with Gasteiger partial charge in [0.15, 0.2) is 0 Å². The van der Waals surface area contributed by atoms with Gasteiger partial charge in [-0.1, -0.05) is 13.8 Å². The Morgan fingerprint density at radius 1 is 1.19 bits per heavy atom. The van der Waals surface area contributed by atoms with Gasteiger partial charge in [-0.05, 0) is 56.5 Å². The molecule has 2 N–H and O–H groups in total. The minimum Gasteiger partial charge on any atom is -0.384 e. The van der Waals surface area contributed by atoms with Crippen molar-refractivity contribution in [2.24, 2.45) is 5.92 Å². The third-order valence-electron chi connectivity index (χ3n) is 5.28. The summed E-state index contributed by atoms with van der Waals surface area (Å²) in [5, 5.41) is 0. The third kappa shape index (κ3) is 5.68. The minimum atomic E-state index is 0.183. The fourth-order valence-electron chi connectivity index (χ4n) is 3.76. The summed E-state index contributed by atoms with van der Waals surface area (Å²) in [6.07, 6.45) is 5.90. The molecule has 1 aromatic heterocycles. The van der Waals surface area contributed by atoms with E-state index in [1.807, 2.05) is 30.9 Å². The van der Waals surface area contributed by atoms with Crippen LogP contribution in [0.5, 0.6) is 0 Å². The summed E-state index contributed by atoms with van der Waals surface area (Å²) in [5.74, 6) is 1.09. The number of amides is 1. The van der Waals surface area contributed by atoms with Gasteiger partial charge < -0.3 is 15.4 Å². The van der Waals surface area contributed by atoms with Crippen LogP contribution in [0, 0.1) is 5.92 Å². The second-order valence-electron chi connectivity index (χ2n) is 6.90. The number of carbonyl (C=O) groups is 1. The molecular formula is C20H34N4O2. The molecule has 0 aromatic carbocycles. The molecule has 2 fully saturated rings. The summed E-state index contributed by atoms with van der Waals surface area (Å²) in [7, 11) is 1.76. The number of ether oxygens (including phenoxy) is 1. The average Bonchev–Trinajstić information content (AvgIpc) is 2.70. The molecule has 3 rings (SSSR count). The predicted octanol–water partition coefficient (Wildman–Crippen LogP) is 2.54. The molecule has 0 atom stereocenters. The lowest BCUT2D eigenvalue weighted by molar-refractivity contribution is -0.139. The number of likely N-dealkylation sites (tertiary alicyclic amines) is 2. The number of aromatic nitrogens is 1. The van der Waals surface area contributed by atoms with E-state index in [0.29, 0.717) is 17.8 Å². The van der Waals surface area contributed by atoms with E-state index < -0.39 is 0 Å². The monoisotopic (exact) mass is 362 g/mol. The number of pyridine rings is 1. The second kappa shape index (κ2) is 10.5. The molecule has 6 nitrogen and oxygen atoms in total. The molecular weight excluding hydrogens is 328 g/mol. The van der Waals surface area contributed by atoms with Gasteiger partial charge >= 0.3 is 0 Å². The smallest absolute Gasteiger partial charge is 0.225 e. The van der Waals surface area contributed by atoms with Gasteiger partial charge in [-0.25, -0.2) is 4.98 Å². The van der Waals surface area contributed by atoms with E-state index >= 15 is 0 Å². The van der Waals surface area contributed by atoms with E-state index in [1.54, 1.807) is 13.3 Å². The standard InChI is InChI=1S/C18H28N4O2.C2H6/c1-24-16-5-10-22(11-6-16)18(23)15-3-8-21(9-4-15)13-14-2-7-20-17(19)12-14;1-2/h2,7,12,15-16H,3-6,8-11,13H2,1H3,(H2,19,20);1-2H3. The van der Waals surface area contributed by atoms with Gasteiger partial charge in [-0.3, -0.25) is 9.69 Å². The van der Waals surface area contributed by atoms with Gasteiger partial charge in [0.25, 0.3) is 0 Å². The topological polar surface area (TPSA) is 71.7 Å². The number of nitrogen functional groups attached to an aromatic ring is 1. The van der Waals surface area contributed by atoms with Crippen LogP contribution in [0.1, 0.15) is 45.1 Å². The summed E-state index contributed by atoms with van der Waals surface area (Å²) in [4.78, 5) is 21.2. The molecule has 0 aliphatic carbocycles. The summed E-state index contributed by atoms with van der Waals surface area (Å²) in [5.41, 5.74) is 6.93. The third-order valence-corrected chi connectivity index (χ3v) is 5.28. The van der Waals surface area contributed by atoms with Gasteiger partial charge in [-0.15, -0.1) is 0 Å². The summed E-state index contributed by atoms with van der Waals surface area (Å²) in [6, 6.07) is 3.94. The molecule has 0 saturated carbocycles. The molecule has 1 aromatic rings. The average molecular weight is 363 g/mol. The summed E-state index contributed by atoms with van der Waals surface area (Å²) < 4.78 is 5.39. The molecule has 0 unspecified atom stereocenters. The summed E-state index contributed by atoms with van der Waals surface area (Å²) >= 11 is 0. The van der Waals surface area contributed by atoms with Crippen LogP contribution in [-0.4, -0.2) is 60.1 Å². The van der Waals surface area contributed by atoms with Gasteiger partial charge in [-0.2, -0.15) is 0 Å². The largest absolute Gasteiger partial charge is 0.384 e. The number of hydrogen-bond donors (Lipinski definition) is 1. The molecule has 2 saturated heterocycles. The highest BCUT2D eigenvalue weighted by atomic mass is 16.5. The lowest BCUT2D eigenvalue weighted by Gasteiger charge is -2.37. The predicted molar refractivity (Wildman–Crippen MR) is 105 cm³/mol. The second-order valence-corrected chi connectivity index (χ2v) is 6.90. The SMILES string of the molecule is CC.COC1CCN(C(=O)C2CCN(Cc3ccnc(N)c3)CC2)CC1. The molecule has 2 aliphatic heterocycles. The van der Waals surface area contributed by atoms with Gasteiger partial charge in [0.1, 0.15) is 5.82 Å². The maximum atomic E-state index is 12.7. The van der Waals surface area contributed by atoms with Crippen LogP contribution in [-0.2, 0) is 16.1 Å². The van der Waals surface area contributed by atoms with Crippen molar-refractivity contribution in [3.63, 3.8) is 0 Å². The Labute approximate surface area is 157 Å². The number of methoxy groups -OCH3 is 1. The first-order chi connectivity index (χ1) is 12.7. The molecule has 0 radical (unpaired) electrons. The quantitative estimate of drug-likeness (QED) is 0.891. The lowest BCUT2D eigenvalue weighted by atomic mass is 9.94. The number of anilines is 1. The highest BCUT2D eigenvalue weighted by molar-refractivity contribution is 5.79. The fourth-order valence-corrected chi connectivity index (χ4v) is 3.76. The Balaban J connectivity index is 0.00000117. The van der Waals surface area contributed by atoms with Crippen molar-refractivity contribution in [2.45, 2.75) is 52.2 Å². The molecule has 2 aliphatic rings. The maximum Gasteiger partial charge on any atom is 0.225 e. The minimum absolute atomic E-state index is 0.183. The lowest BCUT2D eigenvalue weighted by Crippen LogP contribution is -2.46. The number of hydrogen-bond acceptors (Lipinski definition) is 5. The van der Waals surface area contributed by atoms with Crippen molar-refractivity contribution in [2.75, 3.05) is 39.0 Å². The van der Waals surface area contributed by atoms with Crippen molar-refractivity contribution in [3.05, 3.63) is 23.9 Å². The molecule has 1 amide bonds. The van der Waals surface area contributed by atoms with E-state index in [2.05, 4.69) is 9.88 Å². The van der Waals surface area contributed by atoms with Crippen LogP contribution >= 0.6 is 0 Å². The first-order valence-corrected chi connectivity index (χ1v) is 9.90. The summed E-state index contributed by atoms with van der Waals surface area (Å²) in [6.45, 7) is 8.49. The molecule has 26 heavy (non-hydrogen) atoms. The van der Waals surface area contributed by atoms with Crippen molar-refractivity contribution >= 4 is 11.7 Å². The van der Waals surface area contributed by atoms with Crippen LogP contribution in [0.3, 0.4) is 0 Å². The first-order valence-electron chi connectivity index (χ1n) is 9.90. The zero-order valence-electron chi connectivity index (χ0n) is 16.5. The van der Waals surface area contributed by atoms with E-state index in [1.165, 1.54) is 5.56 Å². The highest BCUT2D eigenvalue weighted by Crippen LogP contribution is 2.23. The molecule has 146 valence electrons. The van der Waals surface area contributed by atoms with Gasteiger partial charge in [0.05, 0.1) is 6.10 Å². The fraction of sp³-hybridized carbons (Fsp3) is 0.700. The van der Waals surface area contributed by atoms with Crippen molar-refractivity contribution in [1.82, 2.24) is 14.8 Å². The van der Waals surface area contributed by atoms with E-state index in [0.717, 1.165) is 58.4 Å². The van der Waals surface area contributed by atoms with Crippen LogP contribution < -0.4 is 5.73 Å². The number of piperidine rings is 2. The van der Waals surface area contributed by atoms with Crippen molar-refractivity contribution in [3.8, 4) is 0 Å². The molecule has 3 heterocycles. The van der Waals surface area contributed by atoms with Crippen LogP contribution in [0.25, 0.3) is 0 Å². The van der Waals surface area contributed by atoms with Crippen LogP contribution in [0.15, 0.2) is 18.3 Å². The Kier molecular flexibility index (Phi) is 8.32. The Hall–Kier alpha value is -1.66. The zero-order chi connectivity index (χ0) is 18.9. The Morgan fingerprint density at radius 3 is 2.42 bits per heavy atom. The van der Waals surface area contributed by atoms with Crippen molar-refractivity contribution < 1.29 is 9.53 Å². The van der Waals surface area contributed by atoms with Crippen LogP contribution in [0.4, 0.5) is 5.82 Å². The number of carbonyl (C=O) groups excluding carboxylic acids is 1. The number of rotatable bonds is 4. The van der Waals surface area contributed by atoms with E-state index in [9.17, 15) is 4.79 Å². The Morgan fingerprint density at radius 2 is 1.85 bits per heavy atom.